The Balaban J connectivity index is 1.73. The Labute approximate surface area is 131 Å². The highest BCUT2D eigenvalue weighted by molar-refractivity contribution is 5.68. The van der Waals surface area contributed by atoms with Gasteiger partial charge < -0.3 is 14.4 Å². The van der Waals surface area contributed by atoms with Gasteiger partial charge in [-0.1, -0.05) is 0 Å². The summed E-state index contributed by atoms with van der Waals surface area (Å²) in [5.41, 5.74) is 0.430. The van der Waals surface area contributed by atoms with Gasteiger partial charge in [0.1, 0.15) is 5.60 Å². The van der Waals surface area contributed by atoms with Crippen LogP contribution in [0.2, 0.25) is 0 Å². The fraction of sp³-hybridized carbons (Fsp3) is 0.688. The summed E-state index contributed by atoms with van der Waals surface area (Å²) in [6.07, 6.45) is 1.60. The van der Waals surface area contributed by atoms with Crippen LogP contribution >= 0.6 is 0 Å². The van der Waals surface area contributed by atoms with Gasteiger partial charge in [-0.25, -0.2) is 4.79 Å². The van der Waals surface area contributed by atoms with E-state index in [-0.39, 0.29) is 6.09 Å². The van der Waals surface area contributed by atoms with Gasteiger partial charge in [0, 0.05) is 19.2 Å². The summed E-state index contributed by atoms with van der Waals surface area (Å²) in [4.78, 5) is 13.8. The van der Waals surface area contributed by atoms with Crippen LogP contribution in [0.15, 0.2) is 12.1 Å². The molecule has 6 nitrogen and oxygen atoms in total. The topological polar surface area (TPSA) is 64.5 Å². The number of amides is 1. The van der Waals surface area contributed by atoms with Gasteiger partial charge >= 0.3 is 6.09 Å². The zero-order valence-corrected chi connectivity index (χ0v) is 13.8. The maximum absolute atomic E-state index is 12.0. The molecule has 0 atom stereocenters. The smallest absolute Gasteiger partial charge is 0.410 e. The molecule has 1 aliphatic heterocycles. The van der Waals surface area contributed by atoms with Crippen LogP contribution in [-0.4, -0.2) is 46.5 Å². The molecule has 1 aromatic rings. The summed E-state index contributed by atoms with van der Waals surface area (Å²) < 4.78 is 11.1. The first-order valence-corrected chi connectivity index (χ1v) is 7.74. The molecular formula is C16H25N3O3. The lowest BCUT2D eigenvalue weighted by Gasteiger charge is -2.33. The first kappa shape index (κ1) is 16.5. The van der Waals surface area contributed by atoms with Crippen molar-refractivity contribution in [3.05, 3.63) is 17.8 Å². The Morgan fingerprint density at radius 2 is 1.95 bits per heavy atom. The quantitative estimate of drug-likeness (QED) is 0.859. The number of hydrogen-bond donors (Lipinski definition) is 0. The lowest BCUT2D eigenvalue weighted by Crippen LogP contribution is -2.42. The Morgan fingerprint density at radius 1 is 1.27 bits per heavy atom. The van der Waals surface area contributed by atoms with Crippen molar-refractivity contribution in [3.63, 3.8) is 0 Å². The molecule has 1 aliphatic rings. The van der Waals surface area contributed by atoms with Crippen LogP contribution in [0.5, 0.6) is 5.88 Å². The van der Waals surface area contributed by atoms with E-state index in [2.05, 4.69) is 10.2 Å². The van der Waals surface area contributed by atoms with Gasteiger partial charge in [-0.2, -0.15) is 5.10 Å². The van der Waals surface area contributed by atoms with Gasteiger partial charge in [-0.05, 0) is 52.5 Å². The first-order valence-electron chi connectivity index (χ1n) is 7.74. The zero-order chi connectivity index (χ0) is 16.2. The van der Waals surface area contributed by atoms with Crippen molar-refractivity contribution < 1.29 is 14.3 Å². The number of likely N-dealkylation sites (tertiary alicyclic amines) is 1. The van der Waals surface area contributed by atoms with Gasteiger partial charge in [0.25, 0.3) is 0 Å². The highest BCUT2D eigenvalue weighted by atomic mass is 16.6. The van der Waals surface area contributed by atoms with Crippen LogP contribution in [0.25, 0.3) is 0 Å². The minimum Gasteiger partial charge on any atom is -0.476 e. The fourth-order valence-corrected chi connectivity index (χ4v) is 2.28. The van der Waals surface area contributed by atoms with Crippen LogP contribution < -0.4 is 4.74 Å². The molecule has 0 N–H and O–H groups in total. The number of piperidine rings is 1. The van der Waals surface area contributed by atoms with E-state index in [1.54, 1.807) is 4.90 Å². The molecule has 1 fully saturated rings. The molecule has 0 unspecified atom stereocenters. The number of aromatic nitrogens is 2. The molecular weight excluding hydrogens is 282 g/mol. The standard InChI is InChI=1S/C16H25N3O3/c1-12-5-6-14(18-17-12)21-11-13-7-9-19(10-8-13)15(20)22-16(2,3)4/h5-6,13H,7-11H2,1-4H3. The summed E-state index contributed by atoms with van der Waals surface area (Å²) in [6, 6.07) is 3.71. The van der Waals surface area contributed by atoms with E-state index < -0.39 is 5.60 Å². The SMILES string of the molecule is Cc1ccc(OCC2CCN(C(=O)OC(C)(C)C)CC2)nn1. The largest absolute Gasteiger partial charge is 0.476 e. The van der Waals surface area contributed by atoms with E-state index in [1.807, 2.05) is 39.8 Å². The molecule has 0 aromatic carbocycles. The minimum atomic E-state index is -0.443. The van der Waals surface area contributed by atoms with Crippen LogP contribution in [0.3, 0.4) is 0 Å². The number of carbonyl (C=O) groups excluding carboxylic acids is 1. The van der Waals surface area contributed by atoms with Gasteiger partial charge in [0.05, 0.1) is 12.3 Å². The number of carbonyl (C=O) groups is 1. The predicted molar refractivity (Wildman–Crippen MR) is 82.8 cm³/mol. The van der Waals surface area contributed by atoms with Crippen molar-refractivity contribution in [1.29, 1.82) is 0 Å². The molecule has 1 saturated heterocycles. The fourth-order valence-electron chi connectivity index (χ4n) is 2.28. The average molecular weight is 307 g/mol. The van der Waals surface area contributed by atoms with E-state index >= 15 is 0 Å². The molecule has 0 spiro atoms. The second kappa shape index (κ2) is 6.94. The number of hydrogen-bond acceptors (Lipinski definition) is 5. The Morgan fingerprint density at radius 3 is 2.50 bits per heavy atom. The third-order valence-electron chi connectivity index (χ3n) is 3.51. The molecule has 22 heavy (non-hydrogen) atoms. The summed E-state index contributed by atoms with van der Waals surface area (Å²) >= 11 is 0. The van der Waals surface area contributed by atoms with Crippen molar-refractivity contribution in [2.24, 2.45) is 5.92 Å². The minimum absolute atomic E-state index is 0.226. The van der Waals surface area contributed by atoms with Crippen molar-refractivity contribution in [1.82, 2.24) is 15.1 Å². The molecule has 1 amide bonds. The highest BCUT2D eigenvalue weighted by Crippen LogP contribution is 2.20. The van der Waals surface area contributed by atoms with E-state index in [0.29, 0.717) is 31.5 Å². The molecule has 6 heteroatoms. The van der Waals surface area contributed by atoms with Crippen LogP contribution in [0.4, 0.5) is 4.79 Å². The third kappa shape index (κ3) is 5.16. The van der Waals surface area contributed by atoms with E-state index in [4.69, 9.17) is 9.47 Å². The van der Waals surface area contributed by atoms with E-state index in [1.165, 1.54) is 0 Å². The van der Waals surface area contributed by atoms with E-state index in [9.17, 15) is 4.79 Å². The van der Waals surface area contributed by atoms with Gasteiger partial charge in [0.2, 0.25) is 5.88 Å². The monoisotopic (exact) mass is 307 g/mol. The van der Waals surface area contributed by atoms with Crippen LogP contribution in [0.1, 0.15) is 39.3 Å². The molecule has 122 valence electrons. The van der Waals surface area contributed by atoms with E-state index in [0.717, 1.165) is 18.5 Å². The van der Waals surface area contributed by atoms with Gasteiger partial charge in [0.15, 0.2) is 0 Å². The second-order valence-electron chi connectivity index (χ2n) is 6.73. The zero-order valence-electron chi connectivity index (χ0n) is 13.8. The summed E-state index contributed by atoms with van der Waals surface area (Å²) in [5, 5.41) is 7.96. The van der Waals surface area contributed by atoms with Gasteiger partial charge in [-0.15, -0.1) is 5.10 Å². The highest BCUT2D eigenvalue weighted by Gasteiger charge is 2.27. The maximum Gasteiger partial charge on any atom is 0.410 e. The molecule has 2 rings (SSSR count). The number of aryl methyl sites for hydroxylation is 1. The molecule has 2 heterocycles. The summed E-state index contributed by atoms with van der Waals surface area (Å²) in [5.74, 6) is 0.988. The summed E-state index contributed by atoms with van der Waals surface area (Å²) in [7, 11) is 0. The molecule has 0 aliphatic carbocycles. The molecule has 0 saturated carbocycles. The molecule has 0 radical (unpaired) electrons. The average Bonchev–Trinajstić information content (AvgIpc) is 2.45. The van der Waals surface area contributed by atoms with Crippen molar-refractivity contribution in [3.8, 4) is 5.88 Å². The Kier molecular flexibility index (Phi) is 5.21. The van der Waals surface area contributed by atoms with Crippen LogP contribution in [-0.2, 0) is 4.74 Å². The molecule has 1 aromatic heterocycles. The molecule has 0 bridgehead atoms. The Hall–Kier alpha value is -1.85. The maximum atomic E-state index is 12.0. The van der Waals surface area contributed by atoms with Crippen molar-refractivity contribution in [2.75, 3.05) is 19.7 Å². The Bertz CT molecular complexity index is 488. The van der Waals surface area contributed by atoms with Crippen molar-refractivity contribution in [2.45, 2.75) is 46.1 Å². The first-order chi connectivity index (χ1) is 10.3. The lowest BCUT2D eigenvalue weighted by atomic mass is 9.98. The predicted octanol–water partition coefficient (Wildman–Crippen LogP) is 2.81. The summed E-state index contributed by atoms with van der Waals surface area (Å²) in [6.45, 7) is 9.57. The third-order valence-corrected chi connectivity index (χ3v) is 3.51. The van der Waals surface area contributed by atoms with Gasteiger partial charge in [-0.3, -0.25) is 0 Å². The lowest BCUT2D eigenvalue weighted by molar-refractivity contribution is 0.0164. The number of rotatable bonds is 3. The number of nitrogens with zero attached hydrogens (tertiary/aromatic N) is 3. The van der Waals surface area contributed by atoms with Crippen LogP contribution in [0, 0.1) is 12.8 Å². The number of ether oxygens (including phenoxy) is 2. The normalized spacial score (nSPS) is 16.5. The van der Waals surface area contributed by atoms with Crippen molar-refractivity contribution >= 4 is 6.09 Å². The second-order valence-corrected chi connectivity index (χ2v) is 6.73.